The molecule has 1 aromatic carbocycles. The van der Waals surface area contributed by atoms with Gasteiger partial charge in [-0.25, -0.2) is 4.68 Å². The molecule has 2 aliphatic rings. The van der Waals surface area contributed by atoms with Crippen molar-refractivity contribution in [2.75, 3.05) is 36.0 Å². The summed E-state index contributed by atoms with van der Waals surface area (Å²) in [5, 5.41) is 4.40. The Morgan fingerprint density at radius 1 is 1.12 bits per heavy atom. The number of alkyl halides is 3. The Labute approximate surface area is 184 Å². The zero-order valence-electron chi connectivity index (χ0n) is 18.1. The van der Waals surface area contributed by atoms with Gasteiger partial charge in [0.05, 0.1) is 17.8 Å². The molecule has 172 valence electrons. The van der Waals surface area contributed by atoms with E-state index in [9.17, 15) is 22.8 Å². The van der Waals surface area contributed by atoms with Gasteiger partial charge in [-0.05, 0) is 31.5 Å². The van der Waals surface area contributed by atoms with Crippen LogP contribution in [0.3, 0.4) is 0 Å². The number of aryl methyl sites for hydroxylation is 2. The lowest BCUT2D eigenvalue weighted by Crippen LogP contribution is -2.57. The fourth-order valence-corrected chi connectivity index (χ4v) is 4.42. The summed E-state index contributed by atoms with van der Waals surface area (Å²) in [6.07, 6.45) is -3.64. The maximum Gasteiger partial charge on any atom is 0.416 e. The van der Waals surface area contributed by atoms with Crippen molar-refractivity contribution in [1.29, 1.82) is 0 Å². The summed E-state index contributed by atoms with van der Waals surface area (Å²) in [4.78, 5) is 31.2. The Bertz CT molecular complexity index is 1010. The predicted molar refractivity (Wildman–Crippen MR) is 113 cm³/mol. The molecule has 1 atom stereocenters. The number of aromatic nitrogens is 2. The van der Waals surface area contributed by atoms with Crippen LogP contribution in [-0.4, -0.2) is 58.7 Å². The van der Waals surface area contributed by atoms with Crippen molar-refractivity contribution in [2.45, 2.75) is 45.5 Å². The molecule has 32 heavy (non-hydrogen) atoms. The Kier molecular flexibility index (Phi) is 5.87. The third-order valence-corrected chi connectivity index (χ3v) is 6.05. The van der Waals surface area contributed by atoms with Gasteiger partial charge in [0.25, 0.3) is 0 Å². The molecule has 2 aliphatic heterocycles. The Balaban J connectivity index is 1.47. The first-order valence-electron chi connectivity index (χ1n) is 10.8. The number of carbonyl (C=O) groups is 2. The van der Waals surface area contributed by atoms with Crippen LogP contribution in [0.2, 0.25) is 0 Å². The van der Waals surface area contributed by atoms with Crippen LogP contribution in [0.1, 0.15) is 31.0 Å². The molecule has 0 saturated carbocycles. The number of amides is 2. The maximum absolute atomic E-state index is 13.4. The van der Waals surface area contributed by atoms with Crippen LogP contribution in [0, 0.1) is 6.92 Å². The van der Waals surface area contributed by atoms with E-state index >= 15 is 0 Å². The van der Waals surface area contributed by atoms with Crippen LogP contribution in [-0.2, 0) is 22.3 Å². The highest BCUT2D eigenvalue weighted by Gasteiger charge is 2.38. The predicted octanol–water partition coefficient (Wildman–Crippen LogP) is 3.07. The largest absolute Gasteiger partial charge is 0.416 e. The number of anilines is 2. The summed E-state index contributed by atoms with van der Waals surface area (Å²) < 4.78 is 40.9. The van der Waals surface area contributed by atoms with E-state index in [-0.39, 0.29) is 11.8 Å². The van der Waals surface area contributed by atoms with Crippen LogP contribution in [0.4, 0.5) is 24.7 Å². The molecule has 0 bridgehead atoms. The first-order chi connectivity index (χ1) is 15.2. The lowest BCUT2D eigenvalue weighted by Gasteiger charge is -2.40. The third kappa shape index (κ3) is 4.18. The standard InChI is InChI=1S/C22H26F3N5O2/c1-3-18(30-19-13-15(2)26-29(19)8-7-20(30)31)21(32)28-11-9-27(10-12-28)17-6-4-5-16(14-17)22(23,24)25/h4-6,13-14,18H,3,7-12H2,1-2H3. The van der Waals surface area contributed by atoms with Gasteiger partial charge in [0.15, 0.2) is 0 Å². The minimum atomic E-state index is -4.39. The SMILES string of the molecule is CCC(C(=O)N1CCN(c2cccc(C(F)(F)F)c2)CC1)N1C(=O)CCn2nc(C)cc21. The average molecular weight is 449 g/mol. The van der Waals surface area contributed by atoms with Crippen LogP contribution in [0.15, 0.2) is 30.3 Å². The topological polar surface area (TPSA) is 61.7 Å². The van der Waals surface area contributed by atoms with Crippen molar-refractivity contribution in [3.05, 3.63) is 41.6 Å². The van der Waals surface area contributed by atoms with Gasteiger partial charge >= 0.3 is 6.18 Å². The number of rotatable bonds is 4. The lowest BCUT2D eigenvalue weighted by molar-refractivity contribution is -0.137. The lowest BCUT2D eigenvalue weighted by atomic mass is 10.1. The van der Waals surface area contributed by atoms with Crippen molar-refractivity contribution >= 4 is 23.3 Å². The molecule has 3 heterocycles. The number of hydrogen-bond acceptors (Lipinski definition) is 4. The number of nitrogens with zero attached hydrogens (tertiary/aromatic N) is 5. The average Bonchev–Trinajstić information content (AvgIpc) is 3.15. The molecule has 2 amide bonds. The minimum absolute atomic E-state index is 0.0970. The van der Waals surface area contributed by atoms with Crippen molar-refractivity contribution in [2.24, 2.45) is 0 Å². The van der Waals surface area contributed by atoms with Crippen LogP contribution < -0.4 is 9.80 Å². The highest BCUT2D eigenvalue weighted by molar-refractivity contribution is 6.01. The Hall–Kier alpha value is -3.04. The monoisotopic (exact) mass is 449 g/mol. The molecule has 7 nitrogen and oxygen atoms in total. The van der Waals surface area contributed by atoms with E-state index in [1.165, 1.54) is 6.07 Å². The number of halogens is 3. The van der Waals surface area contributed by atoms with Gasteiger partial charge in [0.2, 0.25) is 11.8 Å². The molecular formula is C22H26F3N5O2. The van der Waals surface area contributed by atoms with E-state index < -0.39 is 17.8 Å². The van der Waals surface area contributed by atoms with Crippen molar-refractivity contribution in [3.8, 4) is 0 Å². The van der Waals surface area contributed by atoms with Gasteiger partial charge in [0, 0.05) is 44.4 Å². The third-order valence-electron chi connectivity index (χ3n) is 6.05. The fourth-order valence-electron chi connectivity index (χ4n) is 4.42. The summed E-state index contributed by atoms with van der Waals surface area (Å²) in [5.74, 6) is 0.401. The molecular weight excluding hydrogens is 423 g/mol. The van der Waals surface area contributed by atoms with E-state index in [4.69, 9.17) is 0 Å². The second-order valence-electron chi connectivity index (χ2n) is 8.17. The summed E-state index contributed by atoms with van der Waals surface area (Å²) in [7, 11) is 0. The number of hydrogen-bond donors (Lipinski definition) is 0. The van der Waals surface area contributed by atoms with Gasteiger partial charge in [-0.2, -0.15) is 18.3 Å². The highest BCUT2D eigenvalue weighted by Crippen LogP contribution is 2.32. The normalized spacial score (nSPS) is 18.0. The van der Waals surface area contributed by atoms with E-state index in [0.29, 0.717) is 57.1 Å². The number of piperazine rings is 1. The summed E-state index contributed by atoms with van der Waals surface area (Å²) in [6.45, 7) is 5.83. The molecule has 1 aromatic heterocycles. The van der Waals surface area contributed by atoms with Crippen molar-refractivity contribution in [1.82, 2.24) is 14.7 Å². The van der Waals surface area contributed by atoms with E-state index in [1.807, 2.05) is 24.8 Å². The van der Waals surface area contributed by atoms with E-state index in [1.54, 1.807) is 20.5 Å². The maximum atomic E-state index is 13.4. The molecule has 0 radical (unpaired) electrons. The summed E-state index contributed by atoms with van der Waals surface area (Å²) >= 11 is 0. The molecule has 1 saturated heterocycles. The number of benzene rings is 1. The highest BCUT2D eigenvalue weighted by atomic mass is 19.4. The second-order valence-corrected chi connectivity index (χ2v) is 8.17. The minimum Gasteiger partial charge on any atom is -0.368 e. The second kappa shape index (κ2) is 8.48. The zero-order valence-corrected chi connectivity index (χ0v) is 18.1. The molecule has 10 heteroatoms. The van der Waals surface area contributed by atoms with Crippen molar-refractivity contribution < 1.29 is 22.8 Å². The van der Waals surface area contributed by atoms with E-state index in [0.717, 1.165) is 17.8 Å². The van der Waals surface area contributed by atoms with Gasteiger partial charge in [-0.1, -0.05) is 13.0 Å². The number of carbonyl (C=O) groups excluding carboxylic acids is 2. The quantitative estimate of drug-likeness (QED) is 0.720. The summed E-state index contributed by atoms with van der Waals surface area (Å²) in [5.41, 5.74) is 0.594. The van der Waals surface area contributed by atoms with Gasteiger partial charge < -0.3 is 9.80 Å². The molecule has 4 rings (SSSR count). The molecule has 0 spiro atoms. The fraction of sp³-hybridized carbons (Fsp3) is 0.500. The molecule has 1 fully saturated rings. The van der Waals surface area contributed by atoms with Crippen LogP contribution in [0.5, 0.6) is 0 Å². The smallest absolute Gasteiger partial charge is 0.368 e. The van der Waals surface area contributed by atoms with Crippen LogP contribution in [0.25, 0.3) is 0 Å². The molecule has 0 N–H and O–H groups in total. The first kappa shape index (κ1) is 22.2. The Morgan fingerprint density at radius 3 is 2.50 bits per heavy atom. The summed E-state index contributed by atoms with van der Waals surface area (Å²) in [6, 6.07) is 6.43. The Morgan fingerprint density at radius 2 is 1.84 bits per heavy atom. The van der Waals surface area contributed by atoms with Crippen molar-refractivity contribution in [3.63, 3.8) is 0 Å². The van der Waals surface area contributed by atoms with Gasteiger partial charge in [-0.3, -0.25) is 14.5 Å². The van der Waals surface area contributed by atoms with Gasteiger partial charge in [-0.15, -0.1) is 0 Å². The zero-order chi connectivity index (χ0) is 23.0. The molecule has 1 unspecified atom stereocenters. The molecule has 2 aromatic rings. The van der Waals surface area contributed by atoms with E-state index in [2.05, 4.69) is 5.10 Å². The first-order valence-corrected chi connectivity index (χ1v) is 10.8. The van der Waals surface area contributed by atoms with Gasteiger partial charge in [0.1, 0.15) is 11.9 Å². The number of fused-ring (bicyclic) bond motifs is 1. The molecule has 0 aliphatic carbocycles. The van der Waals surface area contributed by atoms with Crippen LogP contribution >= 0.6 is 0 Å².